The largest absolute Gasteiger partial charge is 0.381 e. The number of hydrogen-bond acceptors (Lipinski definition) is 4. The van der Waals surface area contributed by atoms with Crippen molar-refractivity contribution >= 4 is 5.91 Å². The van der Waals surface area contributed by atoms with Crippen LogP contribution in [0.3, 0.4) is 0 Å². The lowest BCUT2D eigenvalue weighted by molar-refractivity contribution is -0.144. The molecule has 2 aliphatic heterocycles. The lowest BCUT2D eigenvalue weighted by Crippen LogP contribution is -2.50. The average molecular weight is 243 g/mol. The molecule has 5 heteroatoms. The third-order valence-corrected chi connectivity index (χ3v) is 3.45. The van der Waals surface area contributed by atoms with Crippen LogP contribution in [-0.4, -0.2) is 63.5 Å². The van der Waals surface area contributed by atoms with Gasteiger partial charge in [0.25, 0.3) is 0 Å². The van der Waals surface area contributed by atoms with Gasteiger partial charge in [-0.25, -0.2) is 0 Å². The van der Waals surface area contributed by atoms with Crippen LogP contribution in [0.15, 0.2) is 0 Å². The highest BCUT2D eigenvalue weighted by Crippen LogP contribution is 2.22. The summed E-state index contributed by atoms with van der Waals surface area (Å²) in [5, 5.41) is 0. The molecule has 0 N–H and O–H groups in total. The van der Waals surface area contributed by atoms with Crippen LogP contribution in [0.5, 0.6) is 0 Å². The fourth-order valence-corrected chi connectivity index (χ4v) is 2.54. The van der Waals surface area contributed by atoms with Crippen LogP contribution in [0.2, 0.25) is 0 Å². The molecular weight excluding hydrogens is 222 g/mol. The molecular formula is C12H21NO4. The third-order valence-electron chi connectivity index (χ3n) is 3.45. The lowest BCUT2D eigenvalue weighted by atomic mass is 9.98. The summed E-state index contributed by atoms with van der Waals surface area (Å²) in [6.45, 7) is 3.80. The Kier molecular flexibility index (Phi) is 4.76. The second kappa shape index (κ2) is 6.33. The van der Waals surface area contributed by atoms with E-state index in [4.69, 9.17) is 14.2 Å². The maximum Gasteiger partial charge on any atom is 0.248 e. The number of rotatable bonds is 4. The summed E-state index contributed by atoms with van der Waals surface area (Å²) in [7, 11) is 1.55. The van der Waals surface area contributed by atoms with Crippen molar-refractivity contribution in [2.24, 2.45) is 5.92 Å². The molecule has 2 unspecified atom stereocenters. The number of nitrogens with zero attached hydrogens (tertiary/aromatic N) is 1. The van der Waals surface area contributed by atoms with E-state index in [0.29, 0.717) is 25.7 Å². The molecule has 5 nitrogen and oxygen atoms in total. The van der Waals surface area contributed by atoms with Crippen molar-refractivity contribution < 1.29 is 19.0 Å². The van der Waals surface area contributed by atoms with E-state index >= 15 is 0 Å². The normalized spacial score (nSPS) is 29.6. The molecule has 0 aromatic carbocycles. The van der Waals surface area contributed by atoms with Gasteiger partial charge in [-0.05, 0) is 18.8 Å². The van der Waals surface area contributed by atoms with Crippen molar-refractivity contribution in [3.63, 3.8) is 0 Å². The molecule has 1 amide bonds. The molecule has 0 saturated carbocycles. The number of carbonyl (C=O) groups excluding carboxylic acids is 1. The molecule has 2 saturated heterocycles. The standard InChI is InChI=1S/C12H21NO4/c1-15-9-12(14)13-3-5-17-8-11(13)6-10-2-4-16-7-10/h10-11H,2-9H2,1H3. The molecule has 0 aliphatic carbocycles. The molecule has 0 aromatic heterocycles. The number of amides is 1. The predicted molar refractivity (Wildman–Crippen MR) is 61.7 cm³/mol. The number of methoxy groups -OCH3 is 1. The fourth-order valence-electron chi connectivity index (χ4n) is 2.54. The molecule has 0 aromatic rings. The highest BCUT2D eigenvalue weighted by molar-refractivity contribution is 5.77. The van der Waals surface area contributed by atoms with Crippen LogP contribution in [-0.2, 0) is 19.0 Å². The van der Waals surface area contributed by atoms with Gasteiger partial charge in [-0.3, -0.25) is 4.79 Å². The first kappa shape index (κ1) is 12.8. The van der Waals surface area contributed by atoms with Gasteiger partial charge in [-0.15, -0.1) is 0 Å². The molecule has 2 atom stereocenters. The molecule has 0 spiro atoms. The summed E-state index contributed by atoms with van der Waals surface area (Å²) >= 11 is 0. The highest BCUT2D eigenvalue weighted by Gasteiger charge is 2.30. The zero-order valence-corrected chi connectivity index (χ0v) is 10.4. The van der Waals surface area contributed by atoms with E-state index in [1.54, 1.807) is 7.11 Å². The SMILES string of the molecule is COCC(=O)N1CCOCC1CC1CCOC1. The minimum Gasteiger partial charge on any atom is -0.381 e. The first-order valence-corrected chi connectivity index (χ1v) is 6.25. The predicted octanol–water partition coefficient (Wildman–Crippen LogP) is 0.287. The van der Waals surface area contributed by atoms with Crippen LogP contribution in [0.4, 0.5) is 0 Å². The monoisotopic (exact) mass is 243 g/mol. The van der Waals surface area contributed by atoms with Gasteiger partial charge in [0.1, 0.15) is 6.61 Å². The van der Waals surface area contributed by atoms with E-state index in [-0.39, 0.29) is 18.6 Å². The molecule has 2 rings (SSSR count). The molecule has 2 heterocycles. The van der Waals surface area contributed by atoms with Gasteiger partial charge in [0.2, 0.25) is 5.91 Å². The number of hydrogen-bond donors (Lipinski definition) is 0. The Bertz CT molecular complexity index is 253. The van der Waals surface area contributed by atoms with Gasteiger partial charge >= 0.3 is 0 Å². The minimum absolute atomic E-state index is 0.0692. The molecule has 98 valence electrons. The van der Waals surface area contributed by atoms with Gasteiger partial charge in [-0.2, -0.15) is 0 Å². The van der Waals surface area contributed by atoms with E-state index in [0.717, 1.165) is 26.1 Å². The van der Waals surface area contributed by atoms with Gasteiger partial charge in [0.15, 0.2) is 0 Å². The Hall–Kier alpha value is -0.650. The summed E-state index contributed by atoms with van der Waals surface area (Å²) in [4.78, 5) is 13.8. The van der Waals surface area contributed by atoms with Gasteiger partial charge < -0.3 is 19.1 Å². The van der Waals surface area contributed by atoms with Crippen LogP contribution in [0, 0.1) is 5.92 Å². The van der Waals surface area contributed by atoms with Gasteiger partial charge in [0.05, 0.1) is 19.3 Å². The Balaban J connectivity index is 1.89. The number of morpholine rings is 1. The Labute approximate surface area is 102 Å². The second-order valence-electron chi connectivity index (χ2n) is 4.71. The van der Waals surface area contributed by atoms with E-state index in [1.165, 1.54) is 0 Å². The van der Waals surface area contributed by atoms with Crippen molar-refractivity contribution in [3.8, 4) is 0 Å². The number of ether oxygens (including phenoxy) is 3. The quantitative estimate of drug-likeness (QED) is 0.712. The van der Waals surface area contributed by atoms with Crippen LogP contribution in [0.1, 0.15) is 12.8 Å². The Morgan fingerprint density at radius 3 is 2.88 bits per heavy atom. The van der Waals surface area contributed by atoms with E-state index in [1.807, 2.05) is 4.90 Å². The lowest BCUT2D eigenvalue weighted by Gasteiger charge is -2.36. The fraction of sp³-hybridized carbons (Fsp3) is 0.917. The Morgan fingerprint density at radius 2 is 2.18 bits per heavy atom. The van der Waals surface area contributed by atoms with Crippen LogP contribution >= 0.6 is 0 Å². The molecule has 2 fully saturated rings. The smallest absolute Gasteiger partial charge is 0.248 e. The first-order valence-electron chi connectivity index (χ1n) is 6.25. The van der Waals surface area contributed by atoms with Crippen molar-refractivity contribution in [2.75, 3.05) is 46.7 Å². The van der Waals surface area contributed by atoms with Crippen molar-refractivity contribution in [1.29, 1.82) is 0 Å². The van der Waals surface area contributed by atoms with Crippen molar-refractivity contribution in [3.05, 3.63) is 0 Å². The minimum atomic E-state index is 0.0692. The van der Waals surface area contributed by atoms with Crippen LogP contribution < -0.4 is 0 Å². The van der Waals surface area contributed by atoms with Gasteiger partial charge in [-0.1, -0.05) is 0 Å². The molecule has 0 bridgehead atoms. The van der Waals surface area contributed by atoms with E-state index in [9.17, 15) is 4.79 Å². The first-order chi connectivity index (χ1) is 8.31. The maximum absolute atomic E-state index is 11.9. The van der Waals surface area contributed by atoms with E-state index in [2.05, 4.69) is 0 Å². The molecule has 17 heavy (non-hydrogen) atoms. The van der Waals surface area contributed by atoms with E-state index < -0.39 is 0 Å². The van der Waals surface area contributed by atoms with Gasteiger partial charge in [0, 0.05) is 26.9 Å². The summed E-state index contributed by atoms with van der Waals surface area (Å²) in [6.07, 6.45) is 2.08. The Morgan fingerprint density at radius 1 is 1.35 bits per heavy atom. The highest BCUT2D eigenvalue weighted by atomic mass is 16.5. The topological polar surface area (TPSA) is 48.0 Å². The number of carbonyl (C=O) groups is 1. The average Bonchev–Trinajstić information content (AvgIpc) is 2.83. The zero-order chi connectivity index (χ0) is 12.1. The summed E-state index contributed by atoms with van der Waals surface area (Å²) in [6, 6.07) is 0.193. The molecule has 0 radical (unpaired) electrons. The zero-order valence-electron chi connectivity index (χ0n) is 10.4. The third kappa shape index (κ3) is 3.40. The van der Waals surface area contributed by atoms with Crippen molar-refractivity contribution in [1.82, 2.24) is 4.90 Å². The molecule has 2 aliphatic rings. The second-order valence-corrected chi connectivity index (χ2v) is 4.71. The maximum atomic E-state index is 11.9. The van der Waals surface area contributed by atoms with Crippen LogP contribution in [0.25, 0.3) is 0 Å². The van der Waals surface area contributed by atoms with Crippen molar-refractivity contribution in [2.45, 2.75) is 18.9 Å². The summed E-state index contributed by atoms with van der Waals surface area (Å²) in [5.41, 5.74) is 0. The summed E-state index contributed by atoms with van der Waals surface area (Å²) < 4.78 is 15.8. The summed E-state index contributed by atoms with van der Waals surface area (Å²) in [5.74, 6) is 0.638.